The zero-order chi connectivity index (χ0) is 12.5. The zero-order valence-electron chi connectivity index (χ0n) is 8.78. The van der Waals surface area contributed by atoms with Crippen molar-refractivity contribution in [3.8, 4) is 0 Å². The number of benzene rings is 1. The second kappa shape index (κ2) is 4.55. The Labute approximate surface area is 102 Å². The number of aliphatic hydroxyl groups is 1. The largest absolute Gasteiger partial charge is 0.385 e. The Morgan fingerprint density at radius 2 is 2.00 bits per heavy atom. The maximum atomic E-state index is 12.7. The van der Waals surface area contributed by atoms with E-state index in [-0.39, 0.29) is 6.42 Å². The number of halogens is 3. The van der Waals surface area contributed by atoms with Gasteiger partial charge in [-0.05, 0) is 29.3 Å². The number of para-hydroxylation sites is 1. The summed E-state index contributed by atoms with van der Waals surface area (Å²) in [5.74, 6) is 0. The highest BCUT2D eigenvalue weighted by Gasteiger charge is 2.35. The third-order valence-electron chi connectivity index (χ3n) is 2.53. The molecular formula is C12H10ClF2NO. The molecule has 0 aliphatic heterocycles. The van der Waals surface area contributed by atoms with Crippen LogP contribution in [-0.4, -0.2) is 21.6 Å². The van der Waals surface area contributed by atoms with Gasteiger partial charge in [-0.2, -0.15) is 8.78 Å². The molecule has 0 bridgehead atoms. The topological polar surface area (TPSA) is 33.1 Å². The Morgan fingerprint density at radius 3 is 2.71 bits per heavy atom. The van der Waals surface area contributed by atoms with Crippen LogP contribution in [0.2, 0.25) is 0 Å². The fourth-order valence-electron chi connectivity index (χ4n) is 1.66. The second-order valence-corrected chi connectivity index (χ2v) is 4.25. The first kappa shape index (κ1) is 12.2. The molecule has 90 valence electrons. The van der Waals surface area contributed by atoms with Crippen molar-refractivity contribution >= 4 is 22.5 Å². The standard InChI is InChI=1S/C12H10ClF2NO/c13-12(14,15)11(17)7-8-5-6-16-10-4-2-1-3-9(8)10/h1-6,11,17H,7H2. The van der Waals surface area contributed by atoms with Gasteiger partial charge in [-0.3, -0.25) is 4.98 Å². The molecule has 1 atom stereocenters. The zero-order valence-corrected chi connectivity index (χ0v) is 9.53. The number of alkyl halides is 3. The summed E-state index contributed by atoms with van der Waals surface area (Å²) in [7, 11) is 0. The van der Waals surface area contributed by atoms with Crippen molar-refractivity contribution in [2.75, 3.05) is 0 Å². The molecule has 2 nitrogen and oxygen atoms in total. The molecule has 0 aliphatic carbocycles. The van der Waals surface area contributed by atoms with Crippen molar-refractivity contribution < 1.29 is 13.9 Å². The van der Waals surface area contributed by atoms with Gasteiger partial charge in [0, 0.05) is 18.0 Å². The van der Waals surface area contributed by atoms with E-state index >= 15 is 0 Å². The Balaban J connectivity index is 2.36. The van der Waals surface area contributed by atoms with E-state index in [4.69, 9.17) is 11.6 Å². The van der Waals surface area contributed by atoms with Gasteiger partial charge in [-0.15, -0.1) is 0 Å². The number of hydrogen-bond acceptors (Lipinski definition) is 2. The Morgan fingerprint density at radius 1 is 1.29 bits per heavy atom. The van der Waals surface area contributed by atoms with Crippen LogP contribution in [0, 0.1) is 0 Å². The molecule has 0 aliphatic rings. The maximum Gasteiger partial charge on any atom is 0.347 e. The fourth-order valence-corrected chi connectivity index (χ4v) is 1.73. The third kappa shape index (κ3) is 2.70. The number of fused-ring (bicyclic) bond motifs is 1. The number of aliphatic hydroxyl groups excluding tert-OH is 1. The lowest BCUT2D eigenvalue weighted by Crippen LogP contribution is -2.29. The molecule has 0 saturated heterocycles. The van der Waals surface area contributed by atoms with E-state index in [2.05, 4.69) is 4.98 Å². The van der Waals surface area contributed by atoms with Gasteiger partial charge in [-0.1, -0.05) is 18.2 Å². The van der Waals surface area contributed by atoms with Crippen molar-refractivity contribution in [3.05, 3.63) is 42.1 Å². The van der Waals surface area contributed by atoms with E-state index < -0.39 is 11.5 Å². The first-order valence-electron chi connectivity index (χ1n) is 5.06. The van der Waals surface area contributed by atoms with Gasteiger partial charge in [0.05, 0.1) is 5.52 Å². The first-order chi connectivity index (χ1) is 7.98. The van der Waals surface area contributed by atoms with Crippen LogP contribution < -0.4 is 0 Å². The van der Waals surface area contributed by atoms with E-state index in [1.165, 1.54) is 6.20 Å². The molecule has 5 heteroatoms. The van der Waals surface area contributed by atoms with Gasteiger partial charge in [-0.25, -0.2) is 0 Å². The molecule has 2 aromatic rings. The van der Waals surface area contributed by atoms with E-state index in [9.17, 15) is 13.9 Å². The molecule has 0 saturated carbocycles. The van der Waals surface area contributed by atoms with Gasteiger partial charge >= 0.3 is 5.38 Å². The van der Waals surface area contributed by atoms with E-state index in [1.54, 1.807) is 24.3 Å². The van der Waals surface area contributed by atoms with Crippen LogP contribution in [0.5, 0.6) is 0 Å². The van der Waals surface area contributed by atoms with E-state index in [0.29, 0.717) is 11.1 Å². The monoisotopic (exact) mass is 257 g/mol. The van der Waals surface area contributed by atoms with Crippen molar-refractivity contribution in [1.82, 2.24) is 4.98 Å². The molecular weight excluding hydrogens is 248 g/mol. The first-order valence-corrected chi connectivity index (χ1v) is 5.43. The quantitative estimate of drug-likeness (QED) is 0.858. The highest BCUT2D eigenvalue weighted by molar-refractivity contribution is 6.22. The number of rotatable bonds is 3. The number of nitrogens with zero attached hydrogens (tertiary/aromatic N) is 1. The highest BCUT2D eigenvalue weighted by atomic mass is 35.5. The summed E-state index contributed by atoms with van der Waals surface area (Å²) >= 11 is 4.79. The normalized spacial score (nSPS) is 13.9. The Bertz CT molecular complexity index is 522. The molecule has 1 heterocycles. The summed E-state index contributed by atoms with van der Waals surface area (Å²) in [4.78, 5) is 4.11. The minimum absolute atomic E-state index is 0.209. The van der Waals surface area contributed by atoms with Crippen LogP contribution in [0.1, 0.15) is 5.56 Å². The molecule has 0 radical (unpaired) electrons. The van der Waals surface area contributed by atoms with E-state index in [0.717, 1.165) is 5.39 Å². The molecule has 1 aromatic carbocycles. The summed E-state index contributed by atoms with van der Waals surface area (Å²) < 4.78 is 25.4. The molecule has 1 aromatic heterocycles. The summed E-state index contributed by atoms with van der Waals surface area (Å²) in [6.45, 7) is 0. The Hall–Kier alpha value is -1.26. The SMILES string of the molecule is OC(Cc1ccnc2ccccc12)C(F)(F)Cl. The summed E-state index contributed by atoms with van der Waals surface area (Å²) in [5, 5.41) is 6.42. The predicted molar refractivity (Wildman–Crippen MR) is 62.3 cm³/mol. The van der Waals surface area contributed by atoms with Gasteiger partial charge < -0.3 is 5.11 Å². The van der Waals surface area contributed by atoms with Crippen LogP contribution >= 0.6 is 11.6 Å². The molecule has 1 unspecified atom stereocenters. The average molecular weight is 258 g/mol. The molecule has 0 fully saturated rings. The maximum absolute atomic E-state index is 12.7. The van der Waals surface area contributed by atoms with Crippen molar-refractivity contribution in [2.24, 2.45) is 0 Å². The molecule has 0 spiro atoms. The predicted octanol–water partition coefficient (Wildman–Crippen LogP) is 2.97. The average Bonchev–Trinajstić information content (AvgIpc) is 2.28. The van der Waals surface area contributed by atoms with Gasteiger partial charge in [0.15, 0.2) is 0 Å². The highest BCUT2D eigenvalue weighted by Crippen LogP contribution is 2.27. The van der Waals surface area contributed by atoms with Crippen molar-refractivity contribution in [3.63, 3.8) is 0 Å². The third-order valence-corrected chi connectivity index (χ3v) is 2.78. The minimum atomic E-state index is -3.62. The Kier molecular flexibility index (Phi) is 3.26. The van der Waals surface area contributed by atoms with Crippen LogP contribution in [0.4, 0.5) is 8.78 Å². The van der Waals surface area contributed by atoms with Crippen LogP contribution in [0.25, 0.3) is 10.9 Å². The summed E-state index contributed by atoms with van der Waals surface area (Å²) in [6.07, 6.45) is -0.592. The van der Waals surface area contributed by atoms with Crippen LogP contribution in [0.3, 0.4) is 0 Å². The van der Waals surface area contributed by atoms with Crippen molar-refractivity contribution in [2.45, 2.75) is 17.9 Å². The molecule has 17 heavy (non-hydrogen) atoms. The van der Waals surface area contributed by atoms with E-state index in [1.807, 2.05) is 6.07 Å². The summed E-state index contributed by atoms with van der Waals surface area (Å²) in [5.41, 5.74) is 1.30. The summed E-state index contributed by atoms with van der Waals surface area (Å²) in [6, 6.07) is 8.76. The minimum Gasteiger partial charge on any atom is -0.385 e. The lowest BCUT2D eigenvalue weighted by molar-refractivity contribution is -0.0396. The molecule has 2 rings (SSSR count). The smallest absolute Gasteiger partial charge is 0.347 e. The fraction of sp³-hybridized carbons (Fsp3) is 0.250. The lowest BCUT2D eigenvalue weighted by Gasteiger charge is -2.16. The van der Waals surface area contributed by atoms with Crippen molar-refractivity contribution in [1.29, 1.82) is 0 Å². The van der Waals surface area contributed by atoms with Crippen LogP contribution in [0.15, 0.2) is 36.5 Å². The second-order valence-electron chi connectivity index (χ2n) is 3.75. The van der Waals surface area contributed by atoms with Gasteiger partial charge in [0.1, 0.15) is 6.10 Å². The number of aromatic nitrogens is 1. The number of pyridine rings is 1. The molecule has 1 N–H and O–H groups in total. The van der Waals surface area contributed by atoms with Gasteiger partial charge in [0.25, 0.3) is 0 Å². The number of hydrogen-bond donors (Lipinski definition) is 1. The molecule has 0 amide bonds. The van der Waals surface area contributed by atoms with Gasteiger partial charge in [0.2, 0.25) is 0 Å². The van der Waals surface area contributed by atoms with Crippen LogP contribution in [-0.2, 0) is 6.42 Å². The lowest BCUT2D eigenvalue weighted by atomic mass is 10.0.